The highest BCUT2D eigenvalue weighted by molar-refractivity contribution is 5.81. The van der Waals surface area contributed by atoms with Gasteiger partial charge >= 0.3 is 0 Å². The van der Waals surface area contributed by atoms with Crippen LogP contribution >= 0.6 is 0 Å². The Morgan fingerprint density at radius 1 is 1.39 bits per heavy atom. The van der Waals surface area contributed by atoms with E-state index in [1.807, 2.05) is 6.07 Å². The first-order valence-corrected chi connectivity index (χ1v) is 5.83. The molecule has 0 unspecified atom stereocenters. The summed E-state index contributed by atoms with van der Waals surface area (Å²) in [6.45, 7) is 5.93. The van der Waals surface area contributed by atoms with Crippen molar-refractivity contribution in [3.05, 3.63) is 23.8 Å². The van der Waals surface area contributed by atoms with Crippen molar-refractivity contribution in [2.24, 2.45) is 16.6 Å². The first-order chi connectivity index (χ1) is 8.58. The molecule has 0 saturated carbocycles. The molecule has 0 radical (unpaired) electrons. The Kier molecular flexibility index (Phi) is 4.98. The van der Waals surface area contributed by atoms with Crippen LogP contribution < -0.4 is 21.5 Å². The quantitative estimate of drug-likeness (QED) is 0.303. The van der Waals surface area contributed by atoms with Crippen LogP contribution in [-0.4, -0.2) is 30.4 Å². The van der Waals surface area contributed by atoms with Gasteiger partial charge in [-0.3, -0.25) is 0 Å². The molecule has 0 amide bonds. The van der Waals surface area contributed by atoms with Gasteiger partial charge in [-0.15, -0.1) is 5.10 Å². The van der Waals surface area contributed by atoms with Gasteiger partial charge in [-0.2, -0.15) is 0 Å². The molecule has 0 aliphatic carbocycles. The normalized spacial score (nSPS) is 10.6. The van der Waals surface area contributed by atoms with Crippen LogP contribution in [0.25, 0.3) is 0 Å². The SMILES string of the molecule is CCN(CC)c1ccc(/C=[NH+]/N=C(N)N)c(O)c1. The van der Waals surface area contributed by atoms with Gasteiger partial charge in [-0.1, -0.05) is 0 Å². The third-order valence-corrected chi connectivity index (χ3v) is 2.56. The van der Waals surface area contributed by atoms with E-state index in [1.165, 1.54) is 6.21 Å². The number of nitrogens with zero attached hydrogens (tertiary/aromatic N) is 2. The topological polar surface area (TPSA) is 102 Å². The maximum atomic E-state index is 9.89. The van der Waals surface area contributed by atoms with E-state index in [2.05, 4.69) is 29.0 Å². The molecule has 6 nitrogen and oxygen atoms in total. The number of benzene rings is 1. The zero-order valence-corrected chi connectivity index (χ0v) is 10.7. The minimum Gasteiger partial charge on any atom is -0.507 e. The second-order valence-corrected chi connectivity index (χ2v) is 3.73. The fraction of sp³-hybridized carbons (Fsp3) is 0.333. The minimum absolute atomic E-state index is 0.0644. The van der Waals surface area contributed by atoms with Crippen molar-refractivity contribution >= 4 is 17.9 Å². The van der Waals surface area contributed by atoms with E-state index in [0.29, 0.717) is 5.56 Å². The lowest BCUT2D eigenvalue weighted by Crippen LogP contribution is -2.63. The highest BCUT2D eigenvalue weighted by Gasteiger charge is 2.06. The van der Waals surface area contributed by atoms with Gasteiger partial charge in [0.1, 0.15) is 5.75 Å². The summed E-state index contributed by atoms with van der Waals surface area (Å²) in [5.41, 5.74) is 11.9. The molecule has 0 bridgehead atoms. The van der Waals surface area contributed by atoms with Crippen molar-refractivity contribution in [3.8, 4) is 5.75 Å². The number of rotatable bonds is 5. The standard InChI is InChI=1S/C12H19N5O/c1-3-17(4-2)10-6-5-9(11(18)7-10)8-15-16-12(13)14/h5-8,18H,3-4H2,1-2H3,(H4,13,14,16)/p+1/b15-8+. The van der Waals surface area contributed by atoms with Crippen molar-refractivity contribution in [1.82, 2.24) is 0 Å². The van der Waals surface area contributed by atoms with E-state index >= 15 is 0 Å². The van der Waals surface area contributed by atoms with Gasteiger partial charge in [0.2, 0.25) is 6.21 Å². The summed E-state index contributed by atoms with van der Waals surface area (Å²) in [7, 11) is 0. The van der Waals surface area contributed by atoms with E-state index in [9.17, 15) is 5.11 Å². The Balaban J connectivity index is 2.92. The van der Waals surface area contributed by atoms with Crippen LogP contribution in [0.2, 0.25) is 0 Å². The molecule has 1 rings (SSSR count). The van der Waals surface area contributed by atoms with Crippen LogP contribution in [0.3, 0.4) is 0 Å². The number of anilines is 1. The molecular formula is C12H20N5O+. The predicted molar refractivity (Wildman–Crippen MR) is 73.6 cm³/mol. The van der Waals surface area contributed by atoms with Gasteiger partial charge in [0.05, 0.1) is 5.56 Å². The number of aromatic hydroxyl groups is 1. The lowest BCUT2D eigenvalue weighted by atomic mass is 10.2. The van der Waals surface area contributed by atoms with Crippen LogP contribution in [0.1, 0.15) is 19.4 Å². The average Bonchev–Trinajstić information content (AvgIpc) is 2.33. The molecule has 1 aromatic carbocycles. The minimum atomic E-state index is -0.0644. The Bertz CT molecular complexity index is 448. The maximum absolute atomic E-state index is 9.89. The van der Waals surface area contributed by atoms with Gasteiger partial charge in [0.15, 0.2) is 0 Å². The van der Waals surface area contributed by atoms with Gasteiger partial charge in [0, 0.05) is 29.9 Å². The molecule has 0 atom stereocenters. The van der Waals surface area contributed by atoms with Gasteiger partial charge in [0.25, 0.3) is 5.96 Å². The molecule has 6 heteroatoms. The Morgan fingerprint density at radius 2 is 2.06 bits per heavy atom. The molecule has 0 heterocycles. The van der Waals surface area contributed by atoms with Crippen LogP contribution in [-0.2, 0) is 0 Å². The molecule has 1 aromatic rings. The largest absolute Gasteiger partial charge is 0.507 e. The number of phenolic OH excluding ortho intramolecular Hbond substituents is 1. The number of nitrogens with two attached hydrogens (primary N) is 2. The van der Waals surface area contributed by atoms with Crippen molar-refractivity contribution in [3.63, 3.8) is 0 Å². The lowest BCUT2D eigenvalue weighted by Gasteiger charge is -2.21. The number of guanidine groups is 1. The maximum Gasteiger partial charge on any atom is 0.256 e. The molecule has 0 aromatic heterocycles. The molecular weight excluding hydrogens is 230 g/mol. The van der Waals surface area contributed by atoms with Crippen molar-refractivity contribution in [2.45, 2.75) is 13.8 Å². The Labute approximate surface area is 107 Å². The average molecular weight is 250 g/mol. The predicted octanol–water partition coefficient (Wildman–Crippen LogP) is -1.07. The van der Waals surface area contributed by atoms with Crippen LogP contribution in [0.15, 0.2) is 23.3 Å². The second-order valence-electron chi connectivity index (χ2n) is 3.73. The smallest absolute Gasteiger partial charge is 0.256 e. The van der Waals surface area contributed by atoms with E-state index in [0.717, 1.165) is 18.8 Å². The summed E-state index contributed by atoms with van der Waals surface area (Å²) in [5.74, 6) is 0.114. The van der Waals surface area contributed by atoms with Gasteiger partial charge in [-0.05, 0) is 26.0 Å². The van der Waals surface area contributed by atoms with Crippen LogP contribution in [0.5, 0.6) is 5.75 Å². The van der Waals surface area contributed by atoms with E-state index in [4.69, 9.17) is 11.5 Å². The van der Waals surface area contributed by atoms with E-state index in [1.54, 1.807) is 12.1 Å². The van der Waals surface area contributed by atoms with Crippen molar-refractivity contribution in [2.75, 3.05) is 18.0 Å². The number of hydrogen-bond acceptors (Lipinski definition) is 3. The van der Waals surface area contributed by atoms with Gasteiger partial charge < -0.3 is 21.5 Å². The number of hydrazone groups is 1. The van der Waals surface area contributed by atoms with E-state index < -0.39 is 0 Å². The molecule has 0 aliphatic rings. The fourth-order valence-corrected chi connectivity index (χ4v) is 1.62. The lowest BCUT2D eigenvalue weighted by molar-refractivity contribution is -0.456. The Hall–Kier alpha value is -2.24. The van der Waals surface area contributed by atoms with Gasteiger partial charge in [-0.25, -0.2) is 0 Å². The van der Waals surface area contributed by atoms with Crippen LogP contribution in [0.4, 0.5) is 5.69 Å². The molecule has 6 N–H and O–H groups in total. The van der Waals surface area contributed by atoms with Crippen LogP contribution in [0, 0.1) is 0 Å². The summed E-state index contributed by atoms with van der Waals surface area (Å²) in [5, 5.41) is 16.0. The summed E-state index contributed by atoms with van der Waals surface area (Å²) < 4.78 is 0. The molecule has 98 valence electrons. The van der Waals surface area contributed by atoms with Crippen molar-refractivity contribution < 1.29 is 10.2 Å². The number of nitrogens with one attached hydrogen (secondary N) is 1. The molecule has 0 spiro atoms. The highest BCUT2D eigenvalue weighted by Crippen LogP contribution is 2.22. The fourth-order valence-electron chi connectivity index (χ4n) is 1.62. The summed E-state index contributed by atoms with van der Waals surface area (Å²) in [6.07, 6.45) is 1.53. The van der Waals surface area contributed by atoms with Crippen molar-refractivity contribution in [1.29, 1.82) is 0 Å². The van der Waals surface area contributed by atoms with E-state index in [-0.39, 0.29) is 11.7 Å². The Morgan fingerprint density at radius 3 is 2.56 bits per heavy atom. The first kappa shape index (κ1) is 13.8. The number of hydrogen-bond donors (Lipinski definition) is 4. The molecule has 0 saturated heterocycles. The summed E-state index contributed by atoms with van der Waals surface area (Å²) >= 11 is 0. The third-order valence-electron chi connectivity index (χ3n) is 2.56. The second kappa shape index (κ2) is 6.48. The molecule has 18 heavy (non-hydrogen) atoms. The zero-order valence-electron chi connectivity index (χ0n) is 10.7. The monoisotopic (exact) mass is 250 g/mol. The molecule has 0 fully saturated rings. The first-order valence-electron chi connectivity index (χ1n) is 5.83. The highest BCUT2D eigenvalue weighted by atomic mass is 16.3. The number of phenols is 1. The zero-order chi connectivity index (χ0) is 13.5. The third kappa shape index (κ3) is 3.65. The summed E-state index contributed by atoms with van der Waals surface area (Å²) in [6, 6.07) is 5.46. The summed E-state index contributed by atoms with van der Waals surface area (Å²) in [4.78, 5) is 2.15. The molecule has 0 aliphatic heterocycles.